The van der Waals surface area contributed by atoms with Crippen molar-refractivity contribution in [1.29, 1.82) is 0 Å². The van der Waals surface area contributed by atoms with Crippen molar-refractivity contribution in [3.8, 4) is 0 Å². The minimum absolute atomic E-state index is 0.234. The Hall–Kier alpha value is -1.78. The fourth-order valence-corrected chi connectivity index (χ4v) is 2.92. The van der Waals surface area contributed by atoms with Crippen LogP contribution >= 0.6 is 0 Å². The molecule has 3 rings (SSSR count). The molecule has 4 atom stereocenters. The highest BCUT2D eigenvalue weighted by atomic mass is 16.6. The number of aromatic nitrogens is 3. The predicted octanol–water partition coefficient (Wildman–Crippen LogP) is -0.458. The van der Waals surface area contributed by atoms with E-state index in [-0.39, 0.29) is 5.82 Å². The van der Waals surface area contributed by atoms with Gasteiger partial charge in [0.25, 0.3) is 0 Å². The van der Waals surface area contributed by atoms with E-state index in [2.05, 4.69) is 9.97 Å². The van der Waals surface area contributed by atoms with Crippen LogP contribution in [0.1, 0.15) is 18.7 Å². The van der Waals surface area contributed by atoms with Gasteiger partial charge in [-0.2, -0.15) is 0 Å². The van der Waals surface area contributed by atoms with Crippen LogP contribution in [0.15, 0.2) is 12.5 Å². The molecule has 0 spiro atoms. The average Bonchev–Trinajstić information content (AvgIpc) is 2.95. The molecular weight excluding hydrogens is 292 g/mol. The second-order valence-corrected chi connectivity index (χ2v) is 5.63. The van der Waals surface area contributed by atoms with Crippen LogP contribution in [0.25, 0.3) is 11.0 Å². The third-order valence-corrected chi connectivity index (χ3v) is 4.09. The van der Waals surface area contributed by atoms with Gasteiger partial charge in [0.05, 0.1) is 12.0 Å². The average molecular weight is 310 g/mol. The predicted molar refractivity (Wildman–Crippen MR) is 75.3 cm³/mol. The van der Waals surface area contributed by atoms with E-state index in [1.165, 1.54) is 13.3 Å². The van der Waals surface area contributed by atoms with Crippen LogP contribution in [-0.2, 0) is 4.74 Å². The zero-order valence-electron chi connectivity index (χ0n) is 12.1. The summed E-state index contributed by atoms with van der Waals surface area (Å²) in [6.45, 7) is 2.82. The number of nitrogens with one attached hydrogen (secondary N) is 1. The lowest BCUT2D eigenvalue weighted by molar-refractivity contribution is -0.0948. The Morgan fingerprint density at radius 3 is 2.77 bits per heavy atom. The lowest BCUT2D eigenvalue weighted by atomic mass is 9.96. The topological polar surface area (TPSA) is 133 Å². The van der Waals surface area contributed by atoms with Crippen LogP contribution in [-0.4, -0.2) is 59.5 Å². The summed E-state index contributed by atoms with van der Waals surface area (Å²) >= 11 is 0. The molecule has 1 fully saturated rings. The summed E-state index contributed by atoms with van der Waals surface area (Å²) in [5.74, 6) is 0.234. The molecule has 120 valence electrons. The van der Waals surface area contributed by atoms with Gasteiger partial charge < -0.3 is 24.6 Å². The van der Waals surface area contributed by atoms with Gasteiger partial charge in [0.2, 0.25) is 0 Å². The zero-order valence-corrected chi connectivity index (χ0v) is 12.1. The number of aliphatic hydroxyl groups excluding tert-OH is 2. The normalized spacial score (nSPS) is 31.8. The lowest BCUT2D eigenvalue weighted by Gasteiger charge is -2.27. The molecule has 5 N–H and O–H groups in total. The van der Waals surface area contributed by atoms with Gasteiger partial charge in [-0.05, 0) is 19.4 Å². The number of aliphatic hydroxyl groups is 3. The maximum Gasteiger partial charge on any atom is 0.167 e. The quantitative estimate of drug-likeness (QED) is 0.481. The van der Waals surface area contributed by atoms with E-state index in [1.807, 2.05) is 5.48 Å². The second-order valence-electron chi connectivity index (χ2n) is 5.63. The van der Waals surface area contributed by atoms with Crippen molar-refractivity contribution in [2.24, 2.45) is 0 Å². The molecule has 1 aliphatic rings. The van der Waals surface area contributed by atoms with Crippen molar-refractivity contribution >= 4 is 16.9 Å². The van der Waals surface area contributed by atoms with Gasteiger partial charge in [-0.15, -0.1) is 0 Å². The Morgan fingerprint density at radius 2 is 2.18 bits per heavy atom. The van der Waals surface area contributed by atoms with Gasteiger partial charge in [0.1, 0.15) is 29.8 Å². The van der Waals surface area contributed by atoms with E-state index < -0.39 is 30.6 Å². The number of rotatable bonds is 3. The first-order chi connectivity index (χ1) is 10.4. The molecular formula is C13H18N4O5. The number of nitrogens with zero attached hydrogens (tertiary/aromatic N) is 3. The van der Waals surface area contributed by atoms with Crippen molar-refractivity contribution in [3.05, 3.63) is 18.1 Å². The van der Waals surface area contributed by atoms with E-state index in [0.29, 0.717) is 11.0 Å². The van der Waals surface area contributed by atoms with Crippen LogP contribution < -0.4 is 5.48 Å². The molecule has 9 heteroatoms. The Labute approximate surface area is 125 Å². The molecule has 0 aromatic carbocycles. The summed E-state index contributed by atoms with van der Waals surface area (Å²) in [5.41, 5.74) is 1.59. The molecule has 2 aromatic heterocycles. The van der Waals surface area contributed by atoms with Gasteiger partial charge in [-0.25, -0.2) is 9.97 Å². The summed E-state index contributed by atoms with van der Waals surface area (Å²) < 4.78 is 7.15. The number of hydrogen-bond acceptors (Lipinski definition) is 8. The molecule has 3 heterocycles. The molecule has 0 bridgehead atoms. The van der Waals surface area contributed by atoms with E-state index in [0.717, 1.165) is 5.56 Å². The minimum Gasteiger partial charge on any atom is -0.394 e. The number of anilines is 1. The van der Waals surface area contributed by atoms with Crippen LogP contribution in [0.5, 0.6) is 0 Å². The van der Waals surface area contributed by atoms with Gasteiger partial charge in [-0.3, -0.25) is 10.7 Å². The summed E-state index contributed by atoms with van der Waals surface area (Å²) in [4.78, 5) is 8.09. The first-order valence-corrected chi connectivity index (χ1v) is 6.80. The number of fused-ring (bicyclic) bond motifs is 1. The first kappa shape index (κ1) is 15.1. The summed E-state index contributed by atoms with van der Waals surface area (Å²) in [7, 11) is 0. The maximum absolute atomic E-state index is 10.6. The molecule has 3 unspecified atom stereocenters. The fourth-order valence-electron chi connectivity index (χ4n) is 2.92. The lowest BCUT2D eigenvalue weighted by Crippen LogP contribution is -2.44. The molecule has 0 saturated carbocycles. The largest absolute Gasteiger partial charge is 0.394 e. The highest BCUT2D eigenvalue weighted by Gasteiger charge is 2.53. The van der Waals surface area contributed by atoms with E-state index in [4.69, 9.17) is 9.94 Å². The first-order valence-electron chi connectivity index (χ1n) is 6.80. The molecule has 22 heavy (non-hydrogen) atoms. The van der Waals surface area contributed by atoms with Crippen molar-refractivity contribution in [1.82, 2.24) is 14.5 Å². The van der Waals surface area contributed by atoms with Gasteiger partial charge in [-0.1, -0.05) is 0 Å². The standard InChI is InChI=1S/C13H18N4O5/c1-6-3-17(11-8(6)10(16-21)14-5-15-11)12-13(2,20)9(19)7(4-18)22-12/h3,5,7,9,12,18-21H,4H2,1-2H3,(H,14,15,16)/t7?,9?,12?,13-/m1/s1. The smallest absolute Gasteiger partial charge is 0.167 e. The Kier molecular flexibility index (Phi) is 3.54. The third-order valence-electron chi connectivity index (χ3n) is 4.09. The summed E-state index contributed by atoms with van der Waals surface area (Å²) in [6.07, 6.45) is -0.114. The molecule has 0 radical (unpaired) electrons. The zero-order chi connectivity index (χ0) is 16.1. The second kappa shape index (κ2) is 5.14. The van der Waals surface area contributed by atoms with Crippen LogP contribution in [0.3, 0.4) is 0 Å². The summed E-state index contributed by atoms with van der Waals surface area (Å²) in [5, 5.41) is 39.6. The van der Waals surface area contributed by atoms with Crippen molar-refractivity contribution in [3.63, 3.8) is 0 Å². The van der Waals surface area contributed by atoms with E-state index in [1.54, 1.807) is 17.7 Å². The highest BCUT2D eigenvalue weighted by molar-refractivity contribution is 5.90. The Bertz CT molecular complexity index is 701. The van der Waals surface area contributed by atoms with Crippen molar-refractivity contribution < 1.29 is 25.3 Å². The molecule has 0 aliphatic carbocycles. The number of ether oxygens (including phenoxy) is 1. The van der Waals surface area contributed by atoms with Crippen LogP contribution in [0, 0.1) is 6.92 Å². The van der Waals surface area contributed by atoms with Gasteiger partial charge >= 0.3 is 0 Å². The van der Waals surface area contributed by atoms with Gasteiger partial charge in [0, 0.05) is 6.20 Å². The SMILES string of the molecule is Cc1cn(C2OC(CO)C(O)[C@@]2(C)O)c2ncnc(NO)c12. The fraction of sp³-hybridized carbons (Fsp3) is 0.538. The van der Waals surface area contributed by atoms with Gasteiger partial charge in [0.15, 0.2) is 12.0 Å². The Morgan fingerprint density at radius 1 is 1.45 bits per heavy atom. The highest BCUT2D eigenvalue weighted by Crippen LogP contribution is 2.40. The van der Waals surface area contributed by atoms with E-state index >= 15 is 0 Å². The molecule has 1 saturated heterocycles. The molecule has 2 aromatic rings. The molecule has 0 amide bonds. The minimum atomic E-state index is -1.61. The molecule has 9 nitrogen and oxygen atoms in total. The number of hydrogen-bond donors (Lipinski definition) is 5. The Balaban J connectivity index is 2.15. The van der Waals surface area contributed by atoms with Crippen LogP contribution in [0.4, 0.5) is 5.82 Å². The molecule has 1 aliphatic heterocycles. The number of aryl methyl sites for hydroxylation is 1. The van der Waals surface area contributed by atoms with Crippen LogP contribution in [0.2, 0.25) is 0 Å². The maximum atomic E-state index is 10.6. The monoisotopic (exact) mass is 310 g/mol. The van der Waals surface area contributed by atoms with Crippen molar-refractivity contribution in [2.45, 2.75) is 37.9 Å². The van der Waals surface area contributed by atoms with Crippen molar-refractivity contribution in [2.75, 3.05) is 12.1 Å². The van der Waals surface area contributed by atoms with E-state index in [9.17, 15) is 15.3 Å². The third kappa shape index (κ3) is 1.98. The summed E-state index contributed by atoms with van der Waals surface area (Å²) in [6, 6.07) is 0.